The molecule has 38 heavy (non-hydrogen) atoms. The summed E-state index contributed by atoms with van der Waals surface area (Å²) in [5, 5.41) is 21.6. The van der Waals surface area contributed by atoms with Gasteiger partial charge in [-0.05, 0) is 146 Å². The van der Waals surface area contributed by atoms with Crippen LogP contribution in [0.25, 0.3) is 10.8 Å². The van der Waals surface area contributed by atoms with Crippen LogP contribution in [0, 0.1) is 35.5 Å². The fraction of sp³-hybridized carbons (Fsp3) is 0.706. The molecule has 0 atom stereocenters. The molecule has 2 aromatic rings. The number of ether oxygens (including phenoxy) is 2. The van der Waals surface area contributed by atoms with Gasteiger partial charge in [0, 0.05) is 5.39 Å². The zero-order chi connectivity index (χ0) is 25.5. The second-order valence-corrected chi connectivity index (χ2v) is 14.5. The van der Waals surface area contributed by atoms with Crippen LogP contribution in [0.5, 0.6) is 11.5 Å². The molecule has 0 amide bonds. The normalized spacial score (nSPS) is 40.3. The molecule has 204 valence electrons. The number of rotatable bonds is 8. The Bertz CT molecular complexity index is 1160. The molecule has 0 heterocycles. The molecule has 8 aliphatic rings. The Morgan fingerprint density at radius 1 is 0.579 bits per heavy atom. The Balaban J connectivity index is 1.35. The highest BCUT2D eigenvalue weighted by Gasteiger charge is 2.57. The number of fused-ring (bicyclic) bond motifs is 1. The van der Waals surface area contributed by atoms with E-state index in [4.69, 9.17) is 9.47 Å². The third-order valence-electron chi connectivity index (χ3n) is 12.0. The quantitative estimate of drug-likeness (QED) is 0.420. The monoisotopic (exact) mass is 516 g/mol. The lowest BCUT2D eigenvalue weighted by Gasteiger charge is -2.61. The fourth-order valence-electron chi connectivity index (χ4n) is 11.8. The molecule has 0 spiro atoms. The molecular formula is C34H44O4. The average molecular weight is 517 g/mol. The van der Waals surface area contributed by atoms with Gasteiger partial charge in [0.2, 0.25) is 0 Å². The van der Waals surface area contributed by atoms with Gasteiger partial charge in [-0.2, -0.15) is 0 Å². The van der Waals surface area contributed by atoms with E-state index in [9.17, 15) is 10.2 Å². The third-order valence-corrected chi connectivity index (χ3v) is 12.0. The lowest BCUT2D eigenvalue weighted by Crippen LogP contribution is -2.52. The summed E-state index contributed by atoms with van der Waals surface area (Å²) in [5.41, 5.74) is 4.07. The van der Waals surface area contributed by atoms with Crippen molar-refractivity contribution >= 4 is 10.8 Å². The highest BCUT2D eigenvalue weighted by atomic mass is 16.5. The molecule has 0 radical (unpaired) electrons. The first kappa shape index (κ1) is 24.1. The van der Waals surface area contributed by atoms with Gasteiger partial charge in [0.25, 0.3) is 0 Å². The van der Waals surface area contributed by atoms with Crippen LogP contribution in [0.2, 0.25) is 0 Å². The zero-order valence-electron chi connectivity index (χ0n) is 22.8. The van der Waals surface area contributed by atoms with Crippen molar-refractivity contribution < 1.29 is 19.7 Å². The van der Waals surface area contributed by atoms with Gasteiger partial charge in [0.1, 0.15) is 13.2 Å². The first-order chi connectivity index (χ1) is 18.6. The molecule has 0 unspecified atom stereocenters. The minimum Gasteiger partial charge on any atom is -0.487 e. The van der Waals surface area contributed by atoms with E-state index in [0.717, 1.165) is 46.6 Å². The van der Waals surface area contributed by atoms with Crippen LogP contribution < -0.4 is 9.47 Å². The number of aliphatic hydroxyl groups is 2. The van der Waals surface area contributed by atoms with Crippen molar-refractivity contribution in [3.63, 3.8) is 0 Å². The van der Waals surface area contributed by atoms with E-state index in [1.165, 1.54) is 82.4 Å². The summed E-state index contributed by atoms with van der Waals surface area (Å²) in [7, 11) is 0. The van der Waals surface area contributed by atoms with Crippen LogP contribution >= 0.6 is 0 Å². The SMILES string of the molecule is OCCOc1ccc2c(C34CC5CC(CC(C5)C3)C4)c(C34CC5CC(CC(C5)C3)C4)ccc2c1OCCO. The summed E-state index contributed by atoms with van der Waals surface area (Å²) < 4.78 is 12.2. The van der Waals surface area contributed by atoms with E-state index >= 15 is 0 Å². The van der Waals surface area contributed by atoms with E-state index < -0.39 is 0 Å². The van der Waals surface area contributed by atoms with Crippen molar-refractivity contribution in [1.29, 1.82) is 0 Å². The van der Waals surface area contributed by atoms with E-state index in [0.29, 0.717) is 16.6 Å². The Hall–Kier alpha value is -1.78. The Morgan fingerprint density at radius 2 is 1.05 bits per heavy atom. The lowest BCUT2D eigenvalue weighted by molar-refractivity contribution is -0.0168. The van der Waals surface area contributed by atoms with Crippen molar-refractivity contribution in [2.24, 2.45) is 35.5 Å². The van der Waals surface area contributed by atoms with E-state index in [-0.39, 0.29) is 26.4 Å². The summed E-state index contributed by atoms with van der Waals surface area (Å²) in [6.45, 7) is 0.441. The third kappa shape index (κ3) is 3.61. The van der Waals surface area contributed by atoms with Gasteiger partial charge < -0.3 is 19.7 Å². The highest BCUT2D eigenvalue weighted by Crippen LogP contribution is 2.66. The summed E-state index contributed by atoms with van der Waals surface area (Å²) in [6, 6.07) is 9.26. The first-order valence-electron chi connectivity index (χ1n) is 15.7. The molecule has 8 aliphatic carbocycles. The largest absolute Gasteiger partial charge is 0.487 e. The van der Waals surface area contributed by atoms with Crippen LogP contribution in [0.4, 0.5) is 0 Å². The van der Waals surface area contributed by atoms with Crippen molar-refractivity contribution in [2.75, 3.05) is 26.4 Å². The average Bonchev–Trinajstić information content (AvgIpc) is 2.88. The molecule has 4 nitrogen and oxygen atoms in total. The van der Waals surface area contributed by atoms with Gasteiger partial charge >= 0.3 is 0 Å². The Kier molecular flexibility index (Phi) is 5.61. The lowest BCUT2D eigenvalue weighted by atomic mass is 9.44. The maximum Gasteiger partial charge on any atom is 0.169 e. The highest BCUT2D eigenvalue weighted by molar-refractivity contribution is 5.95. The molecule has 0 aliphatic heterocycles. The topological polar surface area (TPSA) is 58.9 Å². The molecule has 2 N–H and O–H groups in total. The van der Waals surface area contributed by atoms with Gasteiger partial charge in [0.05, 0.1) is 13.2 Å². The van der Waals surface area contributed by atoms with Crippen LogP contribution in [-0.2, 0) is 10.8 Å². The smallest absolute Gasteiger partial charge is 0.169 e. The van der Waals surface area contributed by atoms with Gasteiger partial charge in [-0.25, -0.2) is 0 Å². The summed E-state index contributed by atoms with van der Waals surface area (Å²) in [5.74, 6) is 6.91. The summed E-state index contributed by atoms with van der Waals surface area (Å²) in [4.78, 5) is 0. The Morgan fingerprint density at radius 3 is 1.58 bits per heavy atom. The second kappa shape index (κ2) is 8.86. The van der Waals surface area contributed by atoms with Gasteiger partial charge in [0.15, 0.2) is 11.5 Å². The molecule has 10 rings (SSSR count). The van der Waals surface area contributed by atoms with Crippen LogP contribution in [-0.4, -0.2) is 36.6 Å². The van der Waals surface area contributed by atoms with Crippen molar-refractivity contribution in [3.05, 3.63) is 35.4 Å². The maximum atomic E-state index is 9.61. The molecule has 4 heteroatoms. The number of benzene rings is 2. The van der Waals surface area contributed by atoms with E-state index in [1.807, 2.05) is 0 Å². The zero-order valence-corrected chi connectivity index (χ0v) is 22.8. The molecular weight excluding hydrogens is 472 g/mol. The predicted octanol–water partition coefficient (Wildman–Crippen LogP) is 6.52. The van der Waals surface area contributed by atoms with Crippen molar-refractivity contribution in [2.45, 2.75) is 87.9 Å². The van der Waals surface area contributed by atoms with E-state index in [2.05, 4.69) is 24.3 Å². The van der Waals surface area contributed by atoms with E-state index in [1.54, 1.807) is 11.1 Å². The minimum absolute atomic E-state index is 0.0248. The van der Waals surface area contributed by atoms with Crippen LogP contribution in [0.1, 0.15) is 88.2 Å². The first-order valence-corrected chi connectivity index (χ1v) is 15.7. The second-order valence-electron chi connectivity index (χ2n) is 14.5. The molecule has 2 aromatic carbocycles. The van der Waals surface area contributed by atoms with Crippen LogP contribution in [0.15, 0.2) is 24.3 Å². The van der Waals surface area contributed by atoms with Crippen molar-refractivity contribution in [3.8, 4) is 11.5 Å². The minimum atomic E-state index is -0.0268. The van der Waals surface area contributed by atoms with Crippen LogP contribution in [0.3, 0.4) is 0 Å². The van der Waals surface area contributed by atoms with Gasteiger partial charge in [-0.1, -0.05) is 18.2 Å². The summed E-state index contributed by atoms with van der Waals surface area (Å²) in [6.07, 6.45) is 17.1. The maximum absolute atomic E-state index is 9.61. The Labute approximate surface area is 227 Å². The van der Waals surface area contributed by atoms with Crippen molar-refractivity contribution in [1.82, 2.24) is 0 Å². The molecule has 8 bridgehead atoms. The predicted molar refractivity (Wildman–Crippen MR) is 149 cm³/mol. The number of hydrogen-bond acceptors (Lipinski definition) is 4. The van der Waals surface area contributed by atoms with Gasteiger partial charge in [-0.15, -0.1) is 0 Å². The number of aliphatic hydroxyl groups excluding tert-OH is 2. The summed E-state index contributed by atoms with van der Waals surface area (Å²) >= 11 is 0. The molecule has 0 saturated heterocycles. The fourth-order valence-corrected chi connectivity index (χ4v) is 11.8. The molecule has 8 saturated carbocycles. The molecule has 0 aromatic heterocycles. The molecule has 8 fully saturated rings. The standard InChI is InChI=1S/C34H44O4/c35-5-7-37-30-4-2-27-28(32(30)38-8-6-36)1-3-29(33-15-21-9-22(16-33)11-23(10-21)17-33)31(27)34-18-24-12-25(19-34)14-26(13-24)20-34/h1-4,21-26,35-36H,5-20H2. The van der Waals surface area contributed by atoms with Gasteiger partial charge in [-0.3, -0.25) is 0 Å². The number of hydrogen-bond donors (Lipinski definition) is 2.